The fraction of sp³-hybridized carbons (Fsp3) is 0.231. The van der Waals surface area contributed by atoms with Crippen LogP contribution < -0.4 is 5.32 Å². The normalized spacial score (nSPS) is 10.3. The van der Waals surface area contributed by atoms with Gasteiger partial charge < -0.3 is 5.32 Å². The van der Waals surface area contributed by atoms with Gasteiger partial charge in [0.1, 0.15) is 0 Å². The molecule has 0 unspecified atom stereocenters. The van der Waals surface area contributed by atoms with Crippen LogP contribution in [0.3, 0.4) is 0 Å². The summed E-state index contributed by atoms with van der Waals surface area (Å²) in [6.45, 7) is 3.71. The van der Waals surface area contributed by atoms with Crippen LogP contribution in [0.1, 0.15) is 28.7 Å². The number of nitrogens with one attached hydrogen (secondary N) is 1. The predicted octanol–water partition coefficient (Wildman–Crippen LogP) is 2.65. The number of hydrogen-bond acceptors (Lipinski definition) is 4. The average Bonchev–Trinajstić information content (AvgIpc) is 2.41. The molecule has 5 nitrogen and oxygen atoms in total. The largest absolute Gasteiger partial charge is 0.305 e. The zero-order valence-corrected chi connectivity index (χ0v) is 11.4. The lowest BCUT2D eigenvalue weighted by atomic mass is 10.1. The van der Waals surface area contributed by atoms with Crippen molar-refractivity contribution in [3.05, 3.63) is 46.4 Å². The second-order valence-electron chi connectivity index (χ2n) is 3.99. The highest BCUT2D eigenvalue weighted by atomic mass is 35.5. The maximum atomic E-state index is 12.2. The Morgan fingerprint density at radius 1 is 1.42 bits per heavy atom. The van der Waals surface area contributed by atoms with Crippen LogP contribution in [0, 0.1) is 6.92 Å². The summed E-state index contributed by atoms with van der Waals surface area (Å²) >= 11 is 5.96. The van der Waals surface area contributed by atoms with Gasteiger partial charge in [0.05, 0.1) is 22.0 Å². The molecular formula is C13H13ClN4O. The number of hydrogen-bond donors (Lipinski definition) is 1. The van der Waals surface area contributed by atoms with Crippen LogP contribution in [0.4, 0.5) is 5.82 Å². The van der Waals surface area contributed by atoms with Crippen molar-refractivity contribution in [1.29, 1.82) is 0 Å². The summed E-state index contributed by atoms with van der Waals surface area (Å²) in [7, 11) is 0. The van der Waals surface area contributed by atoms with Gasteiger partial charge in [0.2, 0.25) is 0 Å². The number of nitrogens with zero attached hydrogens (tertiary/aromatic N) is 3. The number of pyridine rings is 1. The predicted molar refractivity (Wildman–Crippen MR) is 73.3 cm³/mol. The third-order valence-electron chi connectivity index (χ3n) is 2.56. The monoisotopic (exact) mass is 276 g/mol. The molecule has 0 saturated heterocycles. The van der Waals surface area contributed by atoms with Crippen LogP contribution in [0.15, 0.2) is 24.4 Å². The zero-order valence-electron chi connectivity index (χ0n) is 10.6. The lowest BCUT2D eigenvalue weighted by molar-refractivity contribution is 0.102. The van der Waals surface area contributed by atoms with Gasteiger partial charge in [-0.3, -0.25) is 4.79 Å². The summed E-state index contributed by atoms with van der Waals surface area (Å²) in [4.78, 5) is 16.2. The van der Waals surface area contributed by atoms with E-state index in [-0.39, 0.29) is 5.91 Å². The molecule has 0 fully saturated rings. The third-order valence-corrected chi connectivity index (χ3v) is 2.87. The van der Waals surface area contributed by atoms with Crippen LogP contribution >= 0.6 is 11.6 Å². The molecule has 98 valence electrons. The number of aryl methyl sites for hydroxylation is 2. The summed E-state index contributed by atoms with van der Waals surface area (Å²) in [5.74, 6) is 0.0566. The Labute approximate surface area is 116 Å². The first-order valence-corrected chi connectivity index (χ1v) is 6.24. The van der Waals surface area contributed by atoms with Gasteiger partial charge in [-0.25, -0.2) is 4.98 Å². The number of carbonyl (C=O) groups excluding carboxylic acids is 1. The van der Waals surface area contributed by atoms with Gasteiger partial charge in [-0.2, -0.15) is 10.2 Å². The first-order valence-electron chi connectivity index (χ1n) is 5.87. The molecule has 6 heteroatoms. The molecule has 0 aliphatic rings. The second-order valence-corrected chi connectivity index (χ2v) is 4.39. The molecule has 2 heterocycles. The van der Waals surface area contributed by atoms with Crippen molar-refractivity contribution in [1.82, 2.24) is 15.2 Å². The van der Waals surface area contributed by atoms with Crippen molar-refractivity contribution >= 4 is 23.3 Å². The second kappa shape index (κ2) is 5.75. The highest BCUT2D eigenvalue weighted by Gasteiger charge is 2.14. The standard InChI is InChI=1S/C13H13ClN4O/c1-3-11-9(7-8(2)17-18-11)13(19)16-12-10(14)5-4-6-15-12/h4-7H,3H2,1-2H3,(H,15,16,19). The molecule has 1 N–H and O–H groups in total. The first kappa shape index (κ1) is 13.4. The van der Waals surface area contributed by atoms with Crippen LogP contribution in [-0.4, -0.2) is 21.1 Å². The van der Waals surface area contributed by atoms with Crippen molar-refractivity contribution in [2.24, 2.45) is 0 Å². The lowest BCUT2D eigenvalue weighted by Crippen LogP contribution is -2.17. The van der Waals surface area contributed by atoms with E-state index in [9.17, 15) is 4.79 Å². The number of amides is 1. The Balaban J connectivity index is 2.30. The van der Waals surface area contributed by atoms with E-state index in [1.165, 1.54) is 0 Å². The lowest BCUT2D eigenvalue weighted by Gasteiger charge is -2.08. The molecule has 0 aliphatic carbocycles. The molecule has 0 saturated carbocycles. The Morgan fingerprint density at radius 3 is 2.89 bits per heavy atom. The minimum Gasteiger partial charge on any atom is -0.305 e. The van der Waals surface area contributed by atoms with E-state index < -0.39 is 0 Å². The van der Waals surface area contributed by atoms with E-state index in [2.05, 4.69) is 20.5 Å². The Bertz CT molecular complexity index is 615. The molecule has 2 aromatic heterocycles. The van der Waals surface area contributed by atoms with E-state index in [4.69, 9.17) is 11.6 Å². The van der Waals surface area contributed by atoms with E-state index in [1.54, 1.807) is 31.3 Å². The number of rotatable bonds is 3. The number of aromatic nitrogens is 3. The minimum atomic E-state index is -0.282. The fourth-order valence-electron chi connectivity index (χ4n) is 1.62. The minimum absolute atomic E-state index is 0.282. The summed E-state index contributed by atoms with van der Waals surface area (Å²) < 4.78 is 0. The molecular weight excluding hydrogens is 264 g/mol. The summed E-state index contributed by atoms with van der Waals surface area (Å²) in [5, 5.41) is 11.0. The van der Waals surface area contributed by atoms with Crippen LogP contribution in [0.2, 0.25) is 5.02 Å². The molecule has 0 atom stereocenters. The van der Waals surface area contributed by atoms with Gasteiger partial charge in [0, 0.05) is 6.20 Å². The number of carbonyl (C=O) groups is 1. The topological polar surface area (TPSA) is 67.8 Å². The van der Waals surface area contributed by atoms with E-state index in [0.29, 0.717) is 34.2 Å². The molecule has 1 amide bonds. The zero-order chi connectivity index (χ0) is 13.8. The molecule has 0 aromatic carbocycles. The average molecular weight is 277 g/mol. The smallest absolute Gasteiger partial charge is 0.258 e. The van der Waals surface area contributed by atoms with Crippen molar-refractivity contribution in [2.75, 3.05) is 5.32 Å². The van der Waals surface area contributed by atoms with Gasteiger partial charge in [0.15, 0.2) is 5.82 Å². The highest BCUT2D eigenvalue weighted by molar-refractivity contribution is 6.33. The Morgan fingerprint density at radius 2 is 2.21 bits per heavy atom. The summed E-state index contributed by atoms with van der Waals surface area (Å²) in [6.07, 6.45) is 2.20. The Hall–Kier alpha value is -2.01. The van der Waals surface area contributed by atoms with Gasteiger partial charge in [-0.1, -0.05) is 18.5 Å². The van der Waals surface area contributed by atoms with Crippen molar-refractivity contribution in [3.63, 3.8) is 0 Å². The SMILES string of the molecule is CCc1nnc(C)cc1C(=O)Nc1ncccc1Cl. The van der Waals surface area contributed by atoms with Crippen LogP contribution in [0.25, 0.3) is 0 Å². The van der Waals surface area contributed by atoms with Gasteiger partial charge in [-0.15, -0.1) is 0 Å². The van der Waals surface area contributed by atoms with Crippen LogP contribution in [0.5, 0.6) is 0 Å². The Kier molecular flexibility index (Phi) is 4.06. The molecule has 19 heavy (non-hydrogen) atoms. The summed E-state index contributed by atoms with van der Waals surface area (Å²) in [5.41, 5.74) is 1.83. The quantitative estimate of drug-likeness (QED) is 0.936. The fourth-order valence-corrected chi connectivity index (χ4v) is 1.79. The van der Waals surface area contributed by atoms with Crippen LogP contribution in [-0.2, 0) is 6.42 Å². The van der Waals surface area contributed by atoms with E-state index in [1.807, 2.05) is 6.92 Å². The van der Waals surface area contributed by atoms with Gasteiger partial charge in [-0.05, 0) is 31.5 Å². The maximum absolute atomic E-state index is 12.2. The first-order chi connectivity index (χ1) is 9.11. The van der Waals surface area contributed by atoms with Gasteiger partial charge >= 0.3 is 0 Å². The van der Waals surface area contributed by atoms with E-state index in [0.717, 1.165) is 0 Å². The maximum Gasteiger partial charge on any atom is 0.258 e. The van der Waals surface area contributed by atoms with Gasteiger partial charge in [0.25, 0.3) is 5.91 Å². The molecule has 2 rings (SSSR count). The van der Waals surface area contributed by atoms with Crippen molar-refractivity contribution < 1.29 is 4.79 Å². The highest BCUT2D eigenvalue weighted by Crippen LogP contribution is 2.19. The third kappa shape index (κ3) is 3.06. The van der Waals surface area contributed by atoms with Crippen molar-refractivity contribution in [2.45, 2.75) is 20.3 Å². The molecule has 0 bridgehead atoms. The summed E-state index contributed by atoms with van der Waals surface area (Å²) in [6, 6.07) is 5.08. The number of halogens is 1. The number of anilines is 1. The molecule has 0 spiro atoms. The van der Waals surface area contributed by atoms with Crippen molar-refractivity contribution in [3.8, 4) is 0 Å². The molecule has 2 aromatic rings. The molecule has 0 aliphatic heterocycles. The molecule has 0 radical (unpaired) electrons. The van der Waals surface area contributed by atoms with E-state index >= 15 is 0 Å².